The summed E-state index contributed by atoms with van der Waals surface area (Å²) in [5, 5.41) is 14.3. The zero-order valence-electron chi connectivity index (χ0n) is 18.4. The van der Waals surface area contributed by atoms with E-state index in [1.54, 1.807) is 18.2 Å². The van der Waals surface area contributed by atoms with Crippen molar-refractivity contribution in [1.29, 1.82) is 0 Å². The van der Waals surface area contributed by atoms with Gasteiger partial charge in [-0.3, -0.25) is 4.98 Å². The molecule has 0 aliphatic heterocycles. The van der Waals surface area contributed by atoms with Crippen LogP contribution in [0, 0.1) is 0 Å². The molecule has 1 aliphatic carbocycles. The lowest BCUT2D eigenvalue weighted by molar-refractivity contribution is -0.137. The highest BCUT2D eigenvalue weighted by Crippen LogP contribution is 2.36. The molecule has 3 heterocycles. The van der Waals surface area contributed by atoms with Crippen LogP contribution in [0.2, 0.25) is 0 Å². The Kier molecular flexibility index (Phi) is 6.20. The third-order valence-corrected chi connectivity index (χ3v) is 6.83. The molecule has 0 amide bonds. The molecular weight excluding hydrogens is 479 g/mol. The zero-order chi connectivity index (χ0) is 24.6. The van der Waals surface area contributed by atoms with Crippen LogP contribution in [0.15, 0.2) is 48.8 Å². The Morgan fingerprint density at radius 3 is 2.66 bits per heavy atom. The number of nitrogens with zero attached hydrogens (tertiary/aromatic N) is 3. The third-order valence-electron chi connectivity index (χ3n) is 5.89. The van der Waals surface area contributed by atoms with Crippen LogP contribution >= 0.6 is 11.3 Å². The van der Waals surface area contributed by atoms with Crippen LogP contribution in [0.3, 0.4) is 0 Å². The van der Waals surface area contributed by atoms with Gasteiger partial charge in [-0.05, 0) is 37.1 Å². The summed E-state index contributed by atoms with van der Waals surface area (Å²) in [5.41, 5.74) is 5.64. The minimum absolute atomic E-state index is 0.00374. The summed E-state index contributed by atoms with van der Waals surface area (Å²) in [6.07, 6.45) is 1.52. The van der Waals surface area contributed by atoms with Gasteiger partial charge in [-0.1, -0.05) is 24.2 Å². The van der Waals surface area contributed by atoms with Crippen LogP contribution in [-0.2, 0) is 6.18 Å². The molecule has 0 bridgehead atoms. The number of fused-ring (bicyclic) bond motifs is 1. The second-order valence-corrected chi connectivity index (χ2v) is 9.42. The highest BCUT2D eigenvalue weighted by molar-refractivity contribution is 7.22. The lowest BCUT2D eigenvalue weighted by Gasteiger charge is -2.27. The van der Waals surface area contributed by atoms with E-state index in [-0.39, 0.29) is 23.4 Å². The maximum absolute atomic E-state index is 13.2. The third kappa shape index (κ3) is 5.15. The topological polar surface area (TPSA) is 106 Å². The van der Waals surface area contributed by atoms with Gasteiger partial charge in [0.25, 0.3) is 0 Å². The number of aliphatic hydroxyl groups excluding tert-OH is 1. The predicted molar refractivity (Wildman–Crippen MR) is 128 cm³/mol. The molecule has 1 fully saturated rings. The molecule has 1 aliphatic rings. The van der Waals surface area contributed by atoms with Gasteiger partial charge in [0.1, 0.15) is 17.3 Å². The van der Waals surface area contributed by atoms with Gasteiger partial charge in [-0.25, -0.2) is 9.97 Å². The first-order valence-electron chi connectivity index (χ1n) is 11.1. The Balaban J connectivity index is 1.35. The molecule has 3 aromatic heterocycles. The minimum atomic E-state index is -4.62. The van der Waals surface area contributed by atoms with Crippen LogP contribution in [-0.4, -0.2) is 32.2 Å². The van der Waals surface area contributed by atoms with Gasteiger partial charge in [-0.15, -0.1) is 0 Å². The van der Waals surface area contributed by atoms with Crippen molar-refractivity contribution in [2.75, 3.05) is 11.1 Å². The maximum Gasteiger partial charge on any atom is 0.419 e. The number of benzene rings is 1. The number of nitrogens with two attached hydrogens (primary N) is 1. The van der Waals surface area contributed by atoms with Crippen molar-refractivity contribution in [2.24, 2.45) is 0 Å². The summed E-state index contributed by atoms with van der Waals surface area (Å²) in [5.74, 6) is 0.375. The van der Waals surface area contributed by atoms with E-state index in [2.05, 4.69) is 20.3 Å². The van der Waals surface area contributed by atoms with E-state index in [1.165, 1.54) is 23.7 Å². The molecule has 11 heteroatoms. The molecule has 4 aromatic rings. The number of pyridine rings is 2. The van der Waals surface area contributed by atoms with E-state index in [0.717, 1.165) is 47.1 Å². The van der Waals surface area contributed by atoms with Gasteiger partial charge in [0.05, 0.1) is 33.6 Å². The molecule has 0 unspecified atom stereocenters. The SMILES string of the molecule is Nc1ncc(-c2cc(Oc3ccc4nc(N[C@@H]5CCCC[C@H]5O)sc4c3)ccn2)cc1C(F)(F)F. The molecule has 1 saturated carbocycles. The fourth-order valence-electron chi connectivity index (χ4n) is 4.08. The highest BCUT2D eigenvalue weighted by atomic mass is 32.1. The summed E-state index contributed by atoms with van der Waals surface area (Å²) in [4.78, 5) is 12.4. The van der Waals surface area contributed by atoms with Crippen LogP contribution in [0.4, 0.5) is 24.1 Å². The first-order chi connectivity index (χ1) is 16.8. The highest BCUT2D eigenvalue weighted by Gasteiger charge is 2.34. The van der Waals surface area contributed by atoms with Gasteiger partial charge in [0.2, 0.25) is 0 Å². The van der Waals surface area contributed by atoms with Gasteiger partial charge in [0.15, 0.2) is 5.13 Å². The maximum atomic E-state index is 13.2. The summed E-state index contributed by atoms with van der Waals surface area (Å²) in [6.45, 7) is 0. The van der Waals surface area contributed by atoms with Crippen molar-refractivity contribution in [3.63, 3.8) is 0 Å². The van der Waals surface area contributed by atoms with Crippen molar-refractivity contribution in [1.82, 2.24) is 15.0 Å². The number of hydrogen-bond acceptors (Lipinski definition) is 8. The first-order valence-corrected chi connectivity index (χ1v) is 11.9. The minimum Gasteiger partial charge on any atom is -0.457 e. The molecule has 4 N–H and O–H groups in total. The summed E-state index contributed by atoms with van der Waals surface area (Å²) < 4.78 is 46.5. The zero-order valence-corrected chi connectivity index (χ0v) is 19.2. The Bertz CT molecular complexity index is 1360. The van der Waals surface area contributed by atoms with E-state index in [4.69, 9.17) is 10.5 Å². The number of anilines is 2. The van der Waals surface area contributed by atoms with Crippen molar-refractivity contribution < 1.29 is 23.0 Å². The summed E-state index contributed by atoms with van der Waals surface area (Å²) in [7, 11) is 0. The molecule has 7 nitrogen and oxygen atoms in total. The van der Waals surface area contributed by atoms with Crippen molar-refractivity contribution in [2.45, 2.75) is 44.0 Å². The Morgan fingerprint density at radius 2 is 1.86 bits per heavy atom. The molecule has 2 atom stereocenters. The number of ether oxygens (including phenoxy) is 1. The molecule has 1 aromatic carbocycles. The second-order valence-electron chi connectivity index (χ2n) is 8.38. The average Bonchev–Trinajstić information content (AvgIpc) is 3.22. The molecule has 5 rings (SSSR count). The average molecular weight is 502 g/mol. The van der Waals surface area contributed by atoms with Gasteiger partial charge in [-0.2, -0.15) is 13.2 Å². The fraction of sp³-hybridized carbons (Fsp3) is 0.292. The fourth-order valence-corrected chi connectivity index (χ4v) is 5.04. The Labute approximate surface area is 202 Å². The molecule has 182 valence electrons. The molecule has 0 spiro atoms. The number of rotatable bonds is 5. The predicted octanol–water partition coefficient (Wildman–Crippen LogP) is 5.86. The van der Waals surface area contributed by atoms with Crippen LogP contribution in [0.1, 0.15) is 31.2 Å². The van der Waals surface area contributed by atoms with Crippen LogP contribution < -0.4 is 15.8 Å². The van der Waals surface area contributed by atoms with Gasteiger partial charge < -0.3 is 20.9 Å². The van der Waals surface area contributed by atoms with Gasteiger partial charge in [0, 0.05) is 30.1 Å². The van der Waals surface area contributed by atoms with Crippen molar-refractivity contribution >= 4 is 32.5 Å². The number of nitrogen functional groups attached to an aromatic ring is 1. The smallest absolute Gasteiger partial charge is 0.419 e. The molecule has 0 radical (unpaired) electrons. The number of nitrogens with one attached hydrogen (secondary N) is 1. The lowest BCUT2D eigenvalue weighted by atomic mass is 9.93. The number of thiazole rings is 1. The molecular formula is C24H22F3N5O2S. The molecule has 35 heavy (non-hydrogen) atoms. The van der Waals surface area contributed by atoms with E-state index < -0.39 is 17.6 Å². The van der Waals surface area contributed by atoms with Crippen LogP contribution in [0.25, 0.3) is 21.5 Å². The normalized spacial score (nSPS) is 18.5. The van der Waals surface area contributed by atoms with E-state index in [0.29, 0.717) is 11.5 Å². The van der Waals surface area contributed by atoms with Gasteiger partial charge >= 0.3 is 6.18 Å². The summed E-state index contributed by atoms with van der Waals surface area (Å²) in [6, 6.07) is 9.54. The number of aliphatic hydroxyl groups is 1. The number of halogens is 3. The lowest BCUT2D eigenvalue weighted by Crippen LogP contribution is -2.36. The second kappa shape index (κ2) is 9.31. The van der Waals surface area contributed by atoms with Crippen molar-refractivity contribution in [3.05, 3.63) is 54.4 Å². The molecule has 0 saturated heterocycles. The van der Waals surface area contributed by atoms with E-state index >= 15 is 0 Å². The quantitative estimate of drug-likeness (QED) is 0.314. The first kappa shape index (κ1) is 23.3. The number of aromatic nitrogens is 3. The largest absolute Gasteiger partial charge is 0.457 e. The Hall–Kier alpha value is -3.44. The number of hydrogen-bond donors (Lipinski definition) is 3. The van der Waals surface area contributed by atoms with E-state index in [9.17, 15) is 18.3 Å². The van der Waals surface area contributed by atoms with Crippen molar-refractivity contribution in [3.8, 4) is 22.8 Å². The number of alkyl halides is 3. The van der Waals surface area contributed by atoms with E-state index in [1.807, 2.05) is 12.1 Å². The monoisotopic (exact) mass is 501 g/mol. The standard InChI is InChI=1S/C24H22F3N5O2S/c25-24(26,27)16-9-13(12-30-22(16)28)19-10-15(7-8-29-19)34-14-5-6-18-21(11-14)35-23(32-18)31-17-3-1-2-4-20(17)33/h5-12,17,20,33H,1-4H2,(H2,28,30)(H,31,32)/t17-,20-/m1/s1. The van der Waals surface area contributed by atoms with Crippen LogP contribution in [0.5, 0.6) is 11.5 Å². The Morgan fingerprint density at radius 1 is 1.06 bits per heavy atom. The summed E-state index contributed by atoms with van der Waals surface area (Å²) >= 11 is 1.47.